The van der Waals surface area contributed by atoms with Crippen LogP contribution in [0.3, 0.4) is 0 Å². The topological polar surface area (TPSA) is 53.1 Å². The standard InChI is InChI=1S/C42H33N3O2S.Pt/c1-41(2,3)24-11-9-12-26(21-24)45-31-14-8-7-13-27(31)28-17-18-35(44-40(28)45)46-33-23-29(30-22-25(19-20-43-30)42(4,5)6)39-37-36-32(47-38(33)37)15-10-16-34(36)48-39;/h7-11,13-22H,1-6H3;/q-2;+2. The molecule has 5 aromatic heterocycles. The largest absolute Gasteiger partial charge is 2.00 e. The van der Waals surface area contributed by atoms with Crippen LogP contribution >= 0.6 is 11.3 Å². The van der Waals surface area contributed by atoms with E-state index >= 15 is 0 Å². The molecule has 244 valence electrons. The van der Waals surface area contributed by atoms with Crippen LogP contribution in [0.5, 0.6) is 11.6 Å². The normalized spacial score (nSPS) is 12.5. The van der Waals surface area contributed by atoms with Gasteiger partial charge in [0.05, 0.1) is 16.8 Å². The molecule has 0 bridgehead atoms. The Hall–Kier alpha value is -4.51. The molecular weight excluding hydrogens is 806 g/mol. The van der Waals surface area contributed by atoms with Crippen molar-refractivity contribution in [1.29, 1.82) is 0 Å². The molecule has 0 saturated heterocycles. The number of furan rings is 1. The monoisotopic (exact) mass is 838 g/mol. The van der Waals surface area contributed by atoms with Crippen LogP contribution in [0.15, 0.2) is 95.5 Å². The van der Waals surface area contributed by atoms with Gasteiger partial charge in [0.15, 0.2) is 0 Å². The van der Waals surface area contributed by atoms with E-state index in [1.165, 1.54) is 11.1 Å². The van der Waals surface area contributed by atoms with Gasteiger partial charge >= 0.3 is 21.1 Å². The molecule has 49 heavy (non-hydrogen) atoms. The zero-order chi connectivity index (χ0) is 32.9. The number of para-hydroxylation sites is 1. The first-order valence-electron chi connectivity index (χ1n) is 16.2. The molecule has 0 aliphatic heterocycles. The summed E-state index contributed by atoms with van der Waals surface area (Å²) in [5.41, 5.74) is 8.47. The number of ether oxygens (including phenoxy) is 1. The molecule has 0 saturated carbocycles. The Labute approximate surface area is 303 Å². The molecule has 7 heteroatoms. The minimum atomic E-state index is -0.0257. The third-order valence-electron chi connectivity index (χ3n) is 9.27. The van der Waals surface area contributed by atoms with E-state index in [1.807, 2.05) is 30.5 Å². The molecule has 5 nitrogen and oxygen atoms in total. The summed E-state index contributed by atoms with van der Waals surface area (Å²) < 4.78 is 17.6. The van der Waals surface area contributed by atoms with Crippen molar-refractivity contribution in [2.75, 3.05) is 0 Å². The molecule has 0 fully saturated rings. The number of hydrogen-bond acceptors (Lipinski definition) is 5. The van der Waals surface area contributed by atoms with E-state index in [2.05, 4.69) is 119 Å². The summed E-state index contributed by atoms with van der Waals surface area (Å²) >= 11 is 1.74. The third-order valence-corrected chi connectivity index (χ3v) is 10.4. The third kappa shape index (κ3) is 5.07. The Bertz CT molecular complexity index is 2690. The predicted octanol–water partition coefficient (Wildman–Crippen LogP) is 11.8. The quantitative estimate of drug-likeness (QED) is 0.166. The van der Waals surface area contributed by atoms with Crippen molar-refractivity contribution < 1.29 is 30.2 Å². The Morgan fingerprint density at radius 2 is 1.61 bits per heavy atom. The Morgan fingerprint density at radius 1 is 0.816 bits per heavy atom. The zero-order valence-electron chi connectivity index (χ0n) is 28.0. The van der Waals surface area contributed by atoms with Crippen LogP contribution in [0.1, 0.15) is 52.7 Å². The molecule has 0 radical (unpaired) electrons. The average molecular weight is 839 g/mol. The molecule has 0 N–H and O–H groups in total. The number of fused-ring (bicyclic) bond motifs is 3. The van der Waals surface area contributed by atoms with E-state index in [9.17, 15) is 0 Å². The molecule has 9 rings (SSSR count). The van der Waals surface area contributed by atoms with E-state index in [-0.39, 0.29) is 31.9 Å². The maximum atomic E-state index is 6.71. The van der Waals surface area contributed by atoms with Crippen LogP contribution in [0.25, 0.3) is 70.2 Å². The van der Waals surface area contributed by atoms with Crippen LogP contribution in [0.4, 0.5) is 0 Å². The zero-order valence-corrected chi connectivity index (χ0v) is 31.1. The van der Waals surface area contributed by atoms with E-state index in [0.29, 0.717) is 17.2 Å². The first kappa shape index (κ1) is 31.7. The van der Waals surface area contributed by atoms with Crippen molar-refractivity contribution in [3.05, 3.63) is 114 Å². The molecule has 4 aromatic carbocycles. The Morgan fingerprint density at radius 3 is 2.43 bits per heavy atom. The van der Waals surface area contributed by atoms with E-state index in [0.717, 1.165) is 64.6 Å². The summed E-state index contributed by atoms with van der Waals surface area (Å²) in [5, 5.41) is 4.32. The van der Waals surface area contributed by atoms with Gasteiger partial charge in [-0.3, -0.25) is 0 Å². The van der Waals surface area contributed by atoms with Gasteiger partial charge in [-0.05, 0) is 62.5 Å². The Kier molecular flexibility index (Phi) is 7.30. The summed E-state index contributed by atoms with van der Waals surface area (Å²) in [6, 6.07) is 36.3. The fourth-order valence-electron chi connectivity index (χ4n) is 6.71. The summed E-state index contributed by atoms with van der Waals surface area (Å²) in [6.45, 7) is 13.3. The average Bonchev–Trinajstić information content (AvgIpc) is 3.75. The summed E-state index contributed by atoms with van der Waals surface area (Å²) in [6.07, 6.45) is 1.89. The van der Waals surface area contributed by atoms with Gasteiger partial charge in [-0.2, -0.15) is 40.1 Å². The second-order valence-electron chi connectivity index (χ2n) is 14.6. The van der Waals surface area contributed by atoms with Crippen molar-refractivity contribution in [2.24, 2.45) is 0 Å². The smallest absolute Gasteiger partial charge is 0.497 e. The first-order chi connectivity index (χ1) is 23.0. The minimum absolute atomic E-state index is 0. The van der Waals surface area contributed by atoms with Gasteiger partial charge in [0.2, 0.25) is 5.88 Å². The number of rotatable bonds is 4. The van der Waals surface area contributed by atoms with Crippen LogP contribution < -0.4 is 4.74 Å². The van der Waals surface area contributed by atoms with E-state index in [1.54, 1.807) is 11.3 Å². The fourth-order valence-corrected chi connectivity index (χ4v) is 7.93. The van der Waals surface area contributed by atoms with Crippen LogP contribution in [-0.4, -0.2) is 14.5 Å². The van der Waals surface area contributed by atoms with Crippen LogP contribution in [0.2, 0.25) is 0 Å². The first-order valence-corrected chi connectivity index (χ1v) is 17.1. The number of pyridine rings is 2. The van der Waals surface area contributed by atoms with Gasteiger partial charge in [-0.25, -0.2) is 0 Å². The fraction of sp³-hybridized carbons (Fsp3) is 0.190. The van der Waals surface area contributed by atoms with Gasteiger partial charge in [0.1, 0.15) is 11.2 Å². The van der Waals surface area contributed by atoms with Gasteiger partial charge in [-0.15, -0.1) is 11.6 Å². The number of aromatic nitrogens is 3. The van der Waals surface area contributed by atoms with Crippen LogP contribution in [-0.2, 0) is 31.9 Å². The van der Waals surface area contributed by atoms with Crippen molar-refractivity contribution in [1.82, 2.24) is 14.5 Å². The molecule has 0 aliphatic rings. The molecule has 0 unspecified atom stereocenters. The van der Waals surface area contributed by atoms with Crippen molar-refractivity contribution in [2.45, 2.75) is 52.4 Å². The summed E-state index contributed by atoms with van der Waals surface area (Å²) in [5.74, 6) is 0.950. The number of hydrogen-bond donors (Lipinski definition) is 0. The molecule has 5 heterocycles. The van der Waals surface area contributed by atoms with Crippen molar-refractivity contribution >= 4 is 64.6 Å². The van der Waals surface area contributed by atoms with Gasteiger partial charge in [0.25, 0.3) is 0 Å². The van der Waals surface area contributed by atoms with Crippen molar-refractivity contribution in [3.63, 3.8) is 0 Å². The molecule has 0 aliphatic carbocycles. The second kappa shape index (κ2) is 11.3. The molecular formula is C42H33N3O2PtS. The van der Waals surface area contributed by atoms with Gasteiger partial charge in [0, 0.05) is 33.1 Å². The number of benzene rings is 4. The molecule has 9 aromatic rings. The van der Waals surface area contributed by atoms with E-state index < -0.39 is 0 Å². The molecule has 0 amide bonds. The summed E-state index contributed by atoms with van der Waals surface area (Å²) in [4.78, 5) is 9.99. The minimum Gasteiger partial charge on any atom is -0.497 e. The Balaban J connectivity index is 0.00000348. The van der Waals surface area contributed by atoms with Gasteiger partial charge in [-0.1, -0.05) is 83.6 Å². The van der Waals surface area contributed by atoms with Crippen LogP contribution in [0, 0.1) is 12.1 Å². The van der Waals surface area contributed by atoms with Crippen molar-refractivity contribution in [3.8, 4) is 28.6 Å². The molecule has 0 spiro atoms. The summed E-state index contributed by atoms with van der Waals surface area (Å²) in [7, 11) is 0. The maximum absolute atomic E-state index is 6.71. The predicted molar refractivity (Wildman–Crippen MR) is 197 cm³/mol. The number of thiophene rings is 1. The SMILES string of the molecule is CC(C)(C)c1cc[c-]c(-n2c3ccccc3c3ccc(Oc4[c-]c(-c5cc(C(C)(C)C)ccn5)c5sc6cccc7oc4c5c76)nc32)c1.[Pt+2]. The second-order valence-corrected chi connectivity index (χ2v) is 15.6. The van der Waals surface area contributed by atoms with E-state index in [4.69, 9.17) is 19.1 Å². The van der Waals surface area contributed by atoms with Gasteiger partial charge < -0.3 is 18.7 Å². The molecule has 0 atom stereocenters. The number of nitrogens with zero attached hydrogens (tertiary/aromatic N) is 3. The maximum Gasteiger partial charge on any atom is 2.00 e.